The van der Waals surface area contributed by atoms with E-state index in [1.54, 1.807) is 0 Å². The van der Waals surface area contributed by atoms with Crippen LogP contribution >= 0.6 is 22.6 Å². The molecule has 0 amide bonds. The lowest BCUT2D eigenvalue weighted by Gasteiger charge is -2.43. The molecular weight excluding hydrogens is 363 g/mol. The van der Waals surface area contributed by atoms with Gasteiger partial charge in [0, 0.05) is 10.7 Å². The minimum Gasteiger partial charge on any atom is -0.377 e. The molecule has 0 saturated heterocycles. The summed E-state index contributed by atoms with van der Waals surface area (Å²) < 4.78 is 7.19. The Hall–Kier alpha value is -0.170. The van der Waals surface area contributed by atoms with Crippen molar-refractivity contribution >= 4 is 22.6 Å². The van der Waals surface area contributed by atoms with E-state index in [-0.39, 0.29) is 11.6 Å². The maximum atomic E-state index is 5.93. The molecule has 0 spiro atoms. The third-order valence-corrected chi connectivity index (χ3v) is 5.44. The smallest absolute Gasteiger partial charge is 0.0847 e. The van der Waals surface area contributed by atoms with E-state index in [1.807, 2.05) is 7.11 Å². The minimum absolute atomic E-state index is 0.121. The molecule has 1 atom stereocenters. The van der Waals surface area contributed by atoms with Crippen molar-refractivity contribution in [1.82, 2.24) is 5.43 Å². The van der Waals surface area contributed by atoms with Crippen LogP contribution in [0, 0.1) is 9.49 Å². The summed E-state index contributed by atoms with van der Waals surface area (Å²) in [5, 5.41) is 0. The second-order valence-electron chi connectivity index (χ2n) is 6.00. The number of benzene rings is 1. The van der Waals surface area contributed by atoms with E-state index in [2.05, 4.69) is 59.2 Å². The van der Waals surface area contributed by atoms with Gasteiger partial charge in [-0.2, -0.15) is 0 Å². The van der Waals surface area contributed by atoms with Crippen molar-refractivity contribution in [3.05, 3.63) is 33.4 Å². The third-order valence-electron chi connectivity index (χ3n) is 4.72. The first-order chi connectivity index (χ1) is 9.59. The number of hydrazine groups is 1. The molecule has 112 valence electrons. The van der Waals surface area contributed by atoms with Gasteiger partial charge in [0.15, 0.2) is 0 Å². The number of hydrogen-bond acceptors (Lipinski definition) is 3. The minimum atomic E-state index is -0.121. The highest BCUT2D eigenvalue weighted by Gasteiger charge is 2.41. The van der Waals surface area contributed by atoms with E-state index in [4.69, 9.17) is 10.6 Å². The van der Waals surface area contributed by atoms with Crippen LogP contribution in [0.1, 0.15) is 38.2 Å². The van der Waals surface area contributed by atoms with Crippen molar-refractivity contribution in [3.8, 4) is 0 Å². The molecule has 1 unspecified atom stereocenters. The Morgan fingerprint density at radius 1 is 1.35 bits per heavy atom. The predicted octanol–water partition coefficient (Wildman–Crippen LogP) is 3.26. The van der Waals surface area contributed by atoms with Crippen LogP contribution in [0.3, 0.4) is 0 Å². The molecule has 1 saturated carbocycles. The van der Waals surface area contributed by atoms with Crippen LogP contribution in [0.2, 0.25) is 0 Å². The molecule has 1 aromatic carbocycles. The molecule has 1 aliphatic carbocycles. The first-order valence-corrected chi connectivity index (χ1v) is 8.43. The van der Waals surface area contributed by atoms with Crippen molar-refractivity contribution in [2.75, 3.05) is 7.11 Å². The SMILES string of the molecule is COC1(C(Cc2ccc(I)cc2)NN)CCC(C)CC1. The van der Waals surface area contributed by atoms with Crippen molar-refractivity contribution < 1.29 is 4.74 Å². The summed E-state index contributed by atoms with van der Waals surface area (Å²) in [6, 6.07) is 8.82. The van der Waals surface area contributed by atoms with E-state index < -0.39 is 0 Å². The van der Waals surface area contributed by atoms with Gasteiger partial charge >= 0.3 is 0 Å². The Bertz CT molecular complexity index is 413. The molecule has 0 aromatic heterocycles. The Balaban J connectivity index is 2.11. The first-order valence-electron chi connectivity index (χ1n) is 7.35. The quantitative estimate of drug-likeness (QED) is 0.463. The van der Waals surface area contributed by atoms with E-state index in [0.717, 1.165) is 25.2 Å². The second kappa shape index (κ2) is 7.20. The van der Waals surface area contributed by atoms with Crippen LogP contribution in [0.15, 0.2) is 24.3 Å². The molecule has 0 bridgehead atoms. The third kappa shape index (κ3) is 3.72. The highest BCUT2D eigenvalue weighted by molar-refractivity contribution is 14.1. The summed E-state index contributed by atoms with van der Waals surface area (Å²) in [5.74, 6) is 6.65. The maximum absolute atomic E-state index is 5.93. The molecule has 0 radical (unpaired) electrons. The van der Waals surface area contributed by atoms with Crippen molar-refractivity contribution in [3.63, 3.8) is 0 Å². The average Bonchev–Trinajstić information content (AvgIpc) is 2.48. The number of hydrogen-bond donors (Lipinski definition) is 2. The van der Waals surface area contributed by atoms with Crippen LogP contribution in [0.25, 0.3) is 0 Å². The zero-order chi connectivity index (χ0) is 14.6. The van der Waals surface area contributed by atoms with Crippen LogP contribution in [0.4, 0.5) is 0 Å². The van der Waals surface area contributed by atoms with E-state index >= 15 is 0 Å². The molecule has 3 N–H and O–H groups in total. The van der Waals surface area contributed by atoms with E-state index in [9.17, 15) is 0 Å². The number of nitrogens with two attached hydrogens (primary N) is 1. The monoisotopic (exact) mass is 388 g/mol. The fourth-order valence-corrected chi connectivity index (χ4v) is 3.56. The maximum Gasteiger partial charge on any atom is 0.0847 e. The van der Waals surface area contributed by atoms with Crippen molar-refractivity contribution in [2.24, 2.45) is 11.8 Å². The summed E-state index contributed by atoms with van der Waals surface area (Å²) in [6.45, 7) is 2.32. The van der Waals surface area contributed by atoms with Crippen LogP contribution < -0.4 is 11.3 Å². The molecular formula is C16H25IN2O. The molecule has 20 heavy (non-hydrogen) atoms. The summed E-state index contributed by atoms with van der Waals surface area (Å²) in [5.41, 5.74) is 4.20. The van der Waals surface area contributed by atoms with Crippen LogP contribution in [0.5, 0.6) is 0 Å². The van der Waals surface area contributed by atoms with Gasteiger partial charge in [0.1, 0.15) is 0 Å². The lowest BCUT2D eigenvalue weighted by molar-refractivity contribution is -0.0746. The Morgan fingerprint density at radius 2 is 1.95 bits per heavy atom. The summed E-state index contributed by atoms with van der Waals surface area (Å²) in [4.78, 5) is 0. The van der Waals surface area contributed by atoms with Crippen LogP contribution in [-0.2, 0) is 11.2 Å². The van der Waals surface area contributed by atoms with Gasteiger partial charge in [-0.1, -0.05) is 19.1 Å². The summed E-state index contributed by atoms with van der Waals surface area (Å²) in [6.07, 6.45) is 5.53. The molecule has 2 rings (SSSR count). The molecule has 1 fully saturated rings. The highest BCUT2D eigenvalue weighted by Crippen LogP contribution is 2.37. The summed E-state index contributed by atoms with van der Waals surface area (Å²) in [7, 11) is 1.83. The van der Waals surface area contributed by atoms with E-state index in [1.165, 1.54) is 22.0 Å². The molecule has 0 aliphatic heterocycles. The van der Waals surface area contributed by atoms with Gasteiger partial charge < -0.3 is 4.74 Å². The lowest BCUT2D eigenvalue weighted by atomic mass is 9.74. The Kier molecular flexibility index (Phi) is 5.84. The van der Waals surface area contributed by atoms with Crippen LogP contribution in [-0.4, -0.2) is 18.8 Å². The Labute approximate surface area is 135 Å². The molecule has 1 aliphatic rings. The standard InChI is InChI=1S/C16H25IN2O/c1-12-7-9-16(20-2,10-8-12)15(19-18)11-13-3-5-14(17)6-4-13/h3-6,12,15,19H,7-11,18H2,1-2H3. The van der Waals surface area contributed by atoms with Gasteiger partial charge in [0.2, 0.25) is 0 Å². The van der Waals surface area contributed by atoms with Crippen molar-refractivity contribution in [2.45, 2.75) is 50.7 Å². The van der Waals surface area contributed by atoms with Crippen molar-refractivity contribution in [1.29, 1.82) is 0 Å². The Morgan fingerprint density at radius 3 is 2.45 bits per heavy atom. The zero-order valence-corrected chi connectivity index (χ0v) is 14.5. The second-order valence-corrected chi connectivity index (χ2v) is 7.25. The number of rotatable bonds is 5. The van der Waals surface area contributed by atoms with Gasteiger partial charge in [-0.05, 0) is 78.3 Å². The number of ether oxygens (including phenoxy) is 1. The zero-order valence-electron chi connectivity index (χ0n) is 12.4. The molecule has 0 heterocycles. The predicted molar refractivity (Wildman–Crippen MR) is 91.3 cm³/mol. The van der Waals surface area contributed by atoms with Gasteiger partial charge in [-0.3, -0.25) is 11.3 Å². The van der Waals surface area contributed by atoms with Gasteiger partial charge in [-0.15, -0.1) is 0 Å². The number of nitrogens with one attached hydrogen (secondary N) is 1. The van der Waals surface area contributed by atoms with Gasteiger partial charge in [0.05, 0.1) is 11.6 Å². The van der Waals surface area contributed by atoms with Gasteiger partial charge in [0.25, 0.3) is 0 Å². The molecule has 1 aromatic rings. The fraction of sp³-hybridized carbons (Fsp3) is 0.625. The topological polar surface area (TPSA) is 47.3 Å². The lowest BCUT2D eigenvalue weighted by Crippen LogP contribution is -2.57. The number of methoxy groups -OCH3 is 1. The molecule has 4 heteroatoms. The number of halogens is 1. The first kappa shape index (κ1) is 16.2. The fourth-order valence-electron chi connectivity index (χ4n) is 3.20. The normalized spacial score (nSPS) is 28.3. The largest absolute Gasteiger partial charge is 0.377 e. The summed E-state index contributed by atoms with van der Waals surface area (Å²) >= 11 is 2.33. The van der Waals surface area contributed by atoms with E-state index in [0.29, 0.717) is 0 Å². The average molecular weight is 388 g/mol. The highest BCUT2D eigenvalue weighted by atomic mass is 127. The van der Waals surface area contributed by atoms with Gasteiger partial charge in [-0.25, -0.2) is 0 Å². The molecule has 3 nitrogen and oxygen atoms in total.